The van der Waals surface area contributed by atoms with Crippen molar-refractivity contribution in [2.24, 2.45) is 5.73 Å². The Bertz CT molecular complexity index is 1020. The highest BCUT2D eigenvalue weighted by Crippen LogP contribution is 2.36. The van der Waals surface area contributed by atoms with Gasteiger partial charge in [0.15, 0.2) is 0 Å². The van der Waals surface area contributed by atoms with Gasteiger partial charge in [0.1, 0.15) is 18.4 Å². The highest BCUT2D eigenvalue weighted by atomic mass is 28.4. The molecular weight excluding hydrogens is 412 g/mol. The summed E-state index contributed by atoms with van der Waals surface area (Å²) in [6, 6.07) is 28.5. The van der Waals surface area contributed by atoms with Crippen LogP contribution in [0.5, 0.6) is 5.75 Å². The Morgan fingerprint density at radius 2 is 1.44 bits per heavy atom. The highest BCUT2D eigenvalue weighted by molar-refractivity contribution is 6.99. The molecule has 0 saturated heterocycles. The van der Waals surface area contributed by atoms with Crippen LogP contribution in [0.15, 0.2) is 78.9 Å². The Morgan fingerprint density at radius 1 is 0.875 bits per heavy atom. The van der Waals surface area contributed by atoms with Crippen molar-refractivity contribution in [1.29, 1.82) is 5.26 Å². The van der Waals surface area contributed by atoms with Gasteiger partial charge in [0.25, 0.3) is 8.32 Å². The topological polar surface area (TPSA) is 68.3 Å². The second-order valence-electron chi connectivity index (χ2n) is 8.98. The van der Waals surface area contributed by atoms with Gasteiger partial charge < -0.3 is 14.9 Å². The van der Waals surface area contributed by atoms with Gasteiger partial charge in [0.05, 0.1) is 12.2 Å². The van der Waals surface area contributed by atoms with E-state index in [1.807, 2.05) is 31.2 Å². The predicted octanol–water partition coefficient (Wildman–Crippen LogP) is 4.53. The average Bonchev–Trinajstić information content (AvgIpc) is 2.79. The summed E-state index contributed by atoms with van der Waals surface area (Å²) in [6.45, 7) is 9.38. The molecule has 3 aromatic carbocycles. The molecule has 0 radical (unpaired) electrons. The molecule has 166 valence electrons. The summed E-state index contributed by atoms with van der Waals surface area (Å²) in [6.07, 6.45) is 0. The number of hydrogen-bond donors (Lipinski definition) is 1. The lowest BCUT2D eigenvalue weighted by Gasteiger charge is -2.43. The number of nitriles is 1. The fourth-order valence-corrected chi connectivity index (χ4v) is 8.81. The molecule has 2 N–H and O–H groups in total. The summed E-state index contributed by atoms with van der Waals surface area (Å²) in [4.78, 5) is 0. The summed E-state index contributed by atoms with van der Waals surface area (Å²) in [7, 11) is -2.61. The maximum atomic E-state index is 9.52. The minimum atomic E-state index is -2.61. The van der Waals surface area contributed by atoms with Crippen molar-refractivity contribution in [3.8, 4) is 11.8 Å². The molecule has 4 nitrogen and oxygen atoms in total. The second kappa shape index (κ2) is 10.1. The van der Waals surface area contributed by atoms with Crippen LogP contribution in [0.25, 0.3) is 0 Å². The predicted molar refractivity (Wildman–Crippen MR) is 133 cm³/mol. The molecule has 32 heavy (non-hydrogen) atoms. The van der Waals surface area contributed by atoms with Crippen LogP contribution >= 0.6 is 0 Å². The van der Waals surface area contributed by atoms with Crippen molar-refractivity contribution in [3.05, 3.63) is 90.0 Å². The van der Waals surface area contributed by atoms with Gasteiger partial charge in [-0.1, -0.05) is 93.6 Å². The van der Waals surface area contributed by atoms with Crippen molar-refractivity contribution in [1.82, 2.24) is 0 Å². The maximum absolute atomic E-state index is 9.52. The van der Waals surface area contributed by atoms with Gasteiger partial charge in [-0.15, -0.1) is 0 Å². The molecule has 0 aliphatic heterocycles. The molecule has 1 atom stereocenters. The van der Waals surface area contributed by atoms with Crippen LogP contribution in [-0.4, -0.2) is 21.5 Å². The molecule has 3 aromatic rings. The third-order valence-electron chi connectivity index (χ3n) is 5.72. The van der Waals surface area contributed by atoms with E-state index < -0.39 is 8.32 Å². The van der Waals surface area contributed by atoms with Crippen molar-refractivity contribution in [2.75, 3.05) is 13.2 Å². The zero-order valence-corrected chi connectivity index (χ0v) is 20.3. The number of rotatable bonds is 8. The number of hydrogen-bond acceptors (Lipinski definition) is 4. The third kappa shape index (κ3) is 4.78. The fourth-order valence-electron chi connectivity index (χ4n) is 4.26. The minimum Gasteiger partial charge on any atom is -0.490 e. The molecule has 0 aromatic heterocycles. The van der Waals surface area contributed by atoms with Gasteiger partial charge in [-0.05, 0) is 28.4 Å². The molecule has 0 aliphatic carbocycles. The van der Waals surface area contributed by atoms with E-state index in [9.17, 15) is 5.26 Å². The Hall–Kier alpha value is -2.91. The molecular formula is C27H32N2O2Si. The Morgan fingerprint density at radius 3 is 1.91 bits per heavy atom. The summed E-state index contributed by atoms with van der Waals surface area (Å²) in [5.74, 6) is 0.552. The van der Waals surface area contributed by atoms with Crippen molar-refractivity contribution < 1.29 is 9.16 Å². The quantitative estimate of drug-likeness (QED) is 0.409. The van der Waals surface area contributed by atoms with Gasteiger partial charge >= 0.3 is 0 Å². The number of benzene rings is 3. The highest BCUT2D eigenvalue weighted by Gasteiger charge is 2.50. The van der Waals surface area contributed by atoms with Crippen LogP contribution in [0.3, 0.4) is 0 Å². The molecule has 5 heteroatoms. The molecule has 0 heterocycles. The van der Waals surface area contributed by atoms with Crippen LogP contribution in [0.1, 0.15) is 44.9 Å². The summed E-state index contributed by atoms with van der Waals surface area (Å²) in [5, 5.41) is 11.9. The largest absolute Gasteiger partial charge is 0.490 e. The molecule has 0 amide bonds. The van der Waals surface area contributed by atoms with Crippen LogP contribution in [0.2, 0.25) is 5.04 Å². The number of ether oxygens (including phenoxy) is 1. The Kier molecular flexibility index (Phi) is 7.52. The SMILES string of the molecule is C[C@@H](N)c1cccc(C#N)c1OCCO[Si](c1ccccc1)(c1ccccc1)C(C)(C)C. The summed E-state index contributed by atoms with van der Waals surface area (Å²) in [5.41, 5.74) is 7.43. The summed E-state index contributed by atoms with van der Waals surface area (Å²) < 4.78 is 13.0. The molecule has 0 aliphatic rings. The van der Waals surface area contributed by atoms with Crippen molar-refractivity contribution in [3.63, 3.8) is 0 Å². The lowest BCUT2D eigenvalue weighted by Crippen LogP contribution is -2.66. The summed E-state index contributed by atoms with van der Waals surface area (Å²) >= 11 is 0. The minimum absolute atomic E-state index is 0.1000. The van der Waals surface area contributed by atoms with E-state index in [1.54, 1.807) is 6.07 Å². The first-order chi connectivity index (χ1) is 15.3. The van der Waals surface area contributed by atoms with E-state index in [1.165, 1.54) is 10.4 Å². The molecule has 0 bridgehead atoms. The van der Waals surface area contributed by atoms with Gasteiger partial charge in [-0.3, -0.25) is 0 Å². The molecule has 0 spiro atoms. The van der Waals surface area contributed by atoms with E-state index in [2.05, 4.69) is 75.4 Å². The van der Waals surface area contributed by atoms with E-state index >= 15 is 0 Å². The number of nitrogens with zero attached hydrogens (tertiary/aromatic N) is 1. The smallest absolute Gasteiger partial charge is 0.261 e. The zero-order valence-electron chi connectivity index (χ0n) is 19.3. The second-order valence-corrected chi connectivity index (χ2v) is 13.3. The molecule has 0 fully saturated rings. The van der Waals surface area contributed by atoms with Crippen molar-refractivity contribution >= 4 is 18.7 Å². The first-order valence-electron chi connectivity index (χ1n) is 11.0. The molecule has 0 unspecified atom stereocenters. The van der Waals surface area contributed by atoms with Crippen LogP contribution in [0.4, 0.5) is 0 Å². The van der Waals surface area contributed by atoms with Crippen LogP contribution in [-0.2, 0) is 4.43 Å². The van der Waals surface area contributed by atoms with E-state index in [0.29, 0.717) is 24.5 Å². The van der Waals surface area contributed by atoms with E-state index in [0.717, 1.165) is 5.56 Å². The van der Waals surface area contributed by atoms with Crippen LogP contribution in [0, 0.1) is 11.3 Å². The first-order valence-corrected chi connectivity index (χ1v) is 12.9. The third-order valence-corrected chi connectivity index (χ3v) is 10.8. The number of nitrogens with two attached hydrogens (primary N) is 1. The molecule has 0 saturated carbocycles. The lowest BCUT2D eigenvalue weighted by molar-refractivity contribution is 0.206. The fraction of sp³-hybridized carbons (Fsp3) is 0.296. The average molecular weight is 445 g/mol. The van der Waals surface area contributed by atoms with Gasteiger partial charge in [0, 0.05) is 11.6 Å². The first kappa shape index (κ1) is 23.7. The molecule has 3 rings (SSSR count). The van der Waals surface area contributed by atoms with Gasteiger partial charge in [0.2, 0.25) is 0 Å². The van der Waals surface area contributed by atoms with Gasteiger partial charge in [-0.25, -0.2) is 0 Å². The standard InChI is InChI=1S/C27H32N2O2Si/c1-21(29)25-17-11-12-22(20-28)26(25)30-18-19-31-32(27(2,3)4,23-13-7-5-8-14-23)24-15-9-6-10-16-24/h5-17,21H,18-19,29H2,1-4H3/t21-/m1/s1. The maximum Gasteiger partial charge on any atom is 0.261 e. The zero-order chi connectivity index (χ0) is 23.2. The van der Waals surface area contributed by atoms with Gasteiger partial charge in [-0.2, -0.15) is 5.26 Å². The van der Waals surface area contributed by atoms with E-state index in [-0.39, 0.29) is 11.1 Å². The Labute approximate surface area is 192 Å². The van der Waals surface area contributed by atoms with Crippen molar-refractivity contribution in [2.45, 2.75) is 38.8 Å². The lowest BCUT2D eigenvalue weighted by atomic mass is 10.0. The van der Waals surface area contributed by atoms with E-state index in [4.69, 9.17) is 14.9 Å². The van der Waals surface area contributed by atoms with Crippen LogP contribution < -0.4 is 20.8 Å². The number of para-hydroxylation sites is 1. The monoisotopic (exact) mass is 444 g/mol. The normalized spacial score (nSPS) is 12.8. The Balaban J connectivity index is 1.91.